The molecule has 24 heteroatoms. The van der Waals surface area contributed by atoms with Crippen LogP contribution in [-0.4, -0.2) is 147 Å². The van der Waals surface area contributed by atoms with Crippen molar-refractivity contribution in [2.75, 3.05) is 57.5 Å². The average Bonchev–Trinajstić information content (AvgIpc) is 3.94. The third kappa shape index (κ3) is 16.8. The molecule has 22 nitrogen and oxygen atoms in total. The monoisotopic (exact) mass is 1090 g/mol. The van der Waals surface area contributed by atoms with E-state index in [1.165, 1.54) is 39.3 Å². The van der Waals surface area contributed by atoms with E-state index in [1.807, 2.05) is 92.4 Å². The second-order valence-electron chi connectivity index (χ2n) is 19.9. The zero-order chi connectivity index (χ0) is 54.2. The molecule has 2 fully saturated rings. The van der Waals surface area contributed by atoms with Crippen molar-refractivity contribution in [2.45, 2.75) is 108 Å². The third-order valence-corrected chi connectivity index (χ3v) is 15.4. The van der Waals surface area contributed by atoms with Crippen molar-refractivity contribution in [3.8, 4) is 0 Å². The van der Waals surface area contributed by atoms with Crippen molar-refractivity contribution in [1.29, 1.82) is 0 Å². The quantitative estimate of drug-likeness (QED) is 0.0181. The Morgan fingerprint density at radius 1 is 0.974 bits per heavy atom. The van der Waals surface area contributed by atoms with Gasteiger partial charge in [0.1, 0.15) is 44.3 Å². The first-order valence-electron chi connectivity index (χ1n) is 25.2. The summed E-state index contributed by atoms with van der Waals surface area (Å²) < 4.78 is 29.2. The van der Waals surface area contributed by atoms with E-state index < -0.39 is 77.7 Å². The highest BCUT2D eigenvalue weighted by Gasteiger charge is 2.40. The Labute approximate surface area is 447 Å². The number of hydrogen-bond acceptors (Lipinski definition) is 18. The number of ether oxygens (including phenoxy) is 5. The smallest absolute Gasteiger partial charge is 0.433 e. The van der Waals surface area contributed by atoms with E-state index in [1.54, 1.807) is 12.4 Å². The van der Waals surface area contributed by atoms with Gasteiger partial charge in [0.05, 0.1) is 18.2 Å². The van der Waals surface area contributed by atoms with Crippen molar-refractivity contribution in [2.24, 2.45) is 11.0 Å². The highest BCUT2D eigenvalue weighted by molar-refractivity contribution is 8.76. The standard InChI is InChI=1S/C52H66N10O12S2/c1-33-28-62(49(67)56-46(33)64)44-26-40(58-59-53)43(74-44)32-72-50(68)70-19-21-75-76-22-20-71-51(69)73-38(30-61-18-17-60(29-35-13-10-16-54-27-35)31-41(61)48(66)57-52(2,3)4)24-37(23-34-11-6-5-7-12-34)47(65)55-45-39-15-9-8-14-36(39)25-42(45)63/h5-16,27-28,37-38,40-45,63H,17-26,29-32H2,1-4H3,(H,55,65)(H,57,66)(H,56,64,67)/t37-,38+,40+,41+,42-,43-,44-,45+/m1/s1. The molecular weight excluding hydrogens is 1020 g/mol. The number of amides is 2. The van der Waals surface area contributed by atoms with Crippen molar-refractivity contribution in [3.63, 3.8) is 0 Å². The highest BCUT2D eigenvalue weighted by atomic mass is 33.1. The fraction of sp³-hybridized carbons (Fsp3) is 0.519. The normalized spacial score (nSPS) is 21.3. The number of nitrogens with one attached hydrogen (secondary N) is 3. The van der Waals surface area contributed by atoms with Gasteiger partial charge in [-0.05, 0) is 74.4 Å². The number of aryl methyl sites for hydroxylation is 1. The zero-order valence-corrected chi connectivity index (χ0v) is 44.6. The molecule has 2 saturated heterocycles. The molecule has 2 aromatic carbocycles. The molecular formula is C52H66N10O12S2. The van der Waals surface area contributed by atoms with Crippen LogP contribution >= 0.6 is 21.6 Å². The molecule has 1 aliphatic carbocycles. The molecule has 408 valence electrons. The van der Waals surface area contributed by atoms with Crippen molar-refractivity contribution < 1.29 is 48.0 Å². The lowest BCUT2D eigenvalue weighted by atomic mass is 9.91. The molecule has 0 spiro atoms. The Morgan fingerprint density at radius 2 is 1.70 bits per heavy atom. The highest BCUT2D eigenvalue weighted by Crippen LogP contribution is 2.33. The number of nitrogens with zero attached hydrogens (tertiary/aromatic N) is 7. The number of carbonyl (C=O) groups is 4. The summed E-state index contributed by atoms with van der Waals surface area (Å²) in [5.41, 5.74) is 11.3. The summed E-state index contributed by atoms with van der Waals surface area (Å²) >= 11 is 0. The number of azide groups is 1. The molecule has 0 bridgehead atoms. The number of aromatic amines is 1. The van der Waals surface area contributed by atoms with Crippen molar-refractivity contribution in [3.05, 3.63) is 144 Å². The molecule has 4 aromatic rings. The molecule has 0 saturated carbocycles. The minimum atomic E-state index is -0.979. The van der Waals surface area contributed by atoms with Crippen LogP contribution in [0.5, 0.6) is 0 Å². The molecule has 4 heterocycles. The van der Waals surface area contributed by atoms with E-state index in [-0.39, 0.29) is 56.6 Å². The minimum absolute atomic E-state index is 0.0164. The van der Waals surface area contributed by atoms with E-state index in [0.717, 1.165) is 22.3 Å². The molecule has 2 aliphatic heterocycles. The van der Waals surface area contributed by atoms with Gasteiger partial charge < -0.3 is 39.4 Å². The second kappa shape index (κ2) is 27.6. The zero-order valence-electron chi connectivity index (χ0n) is 43.0. The van der Waals surface area contributed by atoms with Gasteiger partial charge in [0.2, 0.25) is 11.8 Å². The van der Waals surface area contributed by atoms with Crippen molar-refractivity contribution >= 4 is 45.7 Å². The van der Waals surface area contributed by atoms with Crippen LogP contribution in [0.25, 0.3) is 10.4 Å². The number of aromatic nitrogens is 3. The number of benzene rings is 2. The number of hydrogen-bond donors (Lipinski definition) is 4. The predicted octanol–water partition coefficient (Wildman–Crippen LogP) is 5.39. The van der Waals surface area contributed by atoms with Crippen LogP contribution in [0.15, 0.2) is 100 Å². The number of piperazine rings is 1. The van der Waals surface area contributed by atoms with E-state index in [2.05, 4.69) is 35.5 Å². The van der Waals surface area contributed by atoms with E-state index in [9.17, 15) is 33.9 Å². The molecule has 0 radical (unpaired) electrons. The Balaban J connectivity index is 0.946. The molecule has 7 rings (SSSR count). The third-order valence-electron chi connectivity index (χ3n) is 13.0. The molecule has 4 N–H and O–H groups in total. The fourth-order valence-corrected chi connectivity index (χ4v) is 11.1. The Hall–Kier alpha value is -6.40. The molecule has 76 heavy (non-hydrogen) atoms. The first-order valence-corrected chi connectivity index (χ1v) is 27.7. The summed E-state index contributed by atoms with van der Waals surface area (Å²) in [4.78, 5) is 92.5. The van der Waals surface area contributed by atoms with Gasteiger partial charge in [-0.15, -0.1) is 0 Å². The lowest BCUT2D eigenvalue weighted by Gasteiger charge is -2.42. The lowest BCUT2D eigenvalue weighted by molar-refractivity contribution is -0.132. The van der Waals surface area contributed by atoms with Crippen LogP contribution in [0.3, 0.4) is 0 Å². The number of H-pyrrole nitrogens is 1. The minimum Gasteiger partial charge on any atom is -0.433 e. The number of aliphatic hydroxyl groups is 1. The van der Waals surface area contributed by atoms with E-state index in [0.29, 0.717) is 50.5 Å². The largest absolute Gasteiger partial charge is 0.508 e. The fourth-order valence-electron chi connectivity index (χ4n) is 9.45. The van der Waals surface area contributed by atoms with Crippen molar-refractivity contribution in [1.82, 2.24) is 35.0 Å². The molecule has 2 amide bonds. The molecule has 2 aromatic heterocycles. The predicted molar refractivity (Wildman–Crippen MR) is 284 cm³/mol. The first-order chi connectivity index (χ1) is 36.5. The van der Waals surface area contributed by atoms with Gasteiger partial charge in [-0.1, -0.05) is 87.4 Å². The van der Waals surface area contributed by atoms with Gasteiger partial charge in [-0.3, -0.25) is 38.7 Å². The van der Waals surface area contributed by atoms with Gasteiger partial charge >= 0.3 is 18.0 Å². The van der Waals surface area contributed by atoms with Gasteiger partial charge in [0.15, 0.2) is 0 Å². The maximum absolute atomic E-state index is 14.5. The SMILES string of the molecule is Cc1cn([C@H]2C[C@H](N=[N+]=[N-])[C@@H](COC(=O)OCCSSCCOC(=O)O[C@@H](C[C@@H](Cc3ccccc3)C(=O)N[C@H]3c4ccccc4C[C@H]3O)CN3CCN(Cc4cccnc4)C[C@H]3C(=O)NC(C)(C)C)O2)c(=O)[nH]c1=O. The topological polar surface area (TPSA) is 282 Å². The van der Waals surface area contributed by atoms with Crippen LogP contribution < -0.4 is 21.9 Å². The number of carbonyl (C=O) groups excluding carboxylic acids is 4. The number of aliphatic hydroxyl groups excluding tert-OH is 1. The van der Waals surface area contributed by atoms with E-state index >= 15 is 0 Å². The molecule has 0 unspecified atom stereocenters. The molecule has 3 aliphatic rings. The molecule has 8 atom stereocenters. The van der Waals surface area contributed by atoms with Crippen LogP contribution in [0.4, 0.5) is 9.59 Å². The summed E-state index contributed by atoms with van der Waals surface area (Å²) in [5, 5.41) is 21.1. The average molecular weight is 1090 g/mol. The van der Waals surface area contributed by atoms with Crippen LogP contribution in [0.2, 0.25) is 0 Å². The Bertz CT molecular complexity index is 2760. The van der Waals surface area contributed by atoms with Gasteiger partial charge in [0.25, 0.3) is 5.56 Å². The van der Waals surface area contributed by atoms with Crippen LogP contribution in [0, 0.1) is 12.8 Å². The maximum Gasteiger partial charge on any atom is 0.508 e. The summed E-state index contributed by atoms with van der Waals surface area (Å²) in [5.74, 6) is -0.497. The van der Waals surface area contributed by atoms with Crippen LogP contribution in [0.1, 0.15) is 73.7 Å². The maximum atomic E-state index is 14.5. The number of rotatable bonds is 23. The second-order valence-corrected chi connectivity index (χ2v) is 22.6. The van der Waals surface area contributed by atoms with Crippen LogP contribution in [-0.2, 0) is 52.7 Å². The summed E-state index contributed by atoms with van der Waals surface area (Å²) in [6, 6.07) is 19.0. The first kappa shape index (κ1) is 57.3. The van der Waals surface area contributed by atoms with Gasteiger partial charge in [-0.25, -0.2) is 14.4 Å². The Kier molecular flexibility index (Phi) is 20.8. The number of pyridine rings is 1. The summed E-state index contributed by atoms with van der Waals surface area (Å²) in [6.07, 6.45) is 0.389. The van der Waals surface area contributed by atoms with Gasteiger partial charge in [0, 0.05) is 97.6 Å². The lowest BCUT2D eigenvalue weighted by Crippen LogP contribution is -2.62. The number of fused-ring (bicyclic) bond motifs is 1. The Morgan fingerprint density at radius 3 is 2.42 bits per heavy atom. The summed E-state index contributed by atoms with van der Waals surface area (Å²) in [6.45, 7) is 9.11. The summed E-state index contributed by atoms with van der Waals surface area (Å²) in [7, 11) is 2.73. The van der Waals surface area contributed by atoms with E-state index in [4.69, 9.17) is 29.2 Å². The van der Waals surface area contributed by atoms with Gasteiger partial charge in [-0.2, -0.15) is 0 Å².